The maximum absolute atomic E-state index is 8.49. The van der Waals surface area contributed by atoms with Gasteiger partial charge in [0.25, 0.3) is 0 Å². The van der Waals surface area contributed by atoms with Gasteiger partial charge in [0, 0.05) is 0 Å². The summed E-state index contributed by atoms with van der Waals surface area (Å²) < 4.78 is 34.0. The first kappa shape index (κ1) is 9.89. The number of halogens is 1. The first-order chi connectivity index (χ1) is 2.00. The van der Waals surface area contributed by atoms with Crippen LogP contribution in [0.2, 0.25) is 0 Å². The minimum atomic E-state index is -4.94. The molecule has 6 heavy (non-hydrogen) atoms. The predicted octanol–water partition coefficient (Wildman–Crippen LogP) is -4.76. The van der Waals surface area contributed by atoms with Crippen LogP contribution in [-0.4, -0.2) is 0 Å². The Labute approximate surface area is 48.9 Å². The van der Waals surface area contributed by atoms with Gasteiger partial charge in [0.15, 0.2) is 0 Å². The minimum absolute atomic E-state index is 0. The van der Waals surface area contributed by atoms with E-state index < -0.39 is 10.2 Å². The number of hydrogen-bond acceptors (Lipinski definition) is 4. The molecule has 0 aromatic rings. The van der Waals surface area contributed by atoms with Gasteiger partial charge in [-0.05, 0) is 0 Å². The van der Waals surface area contributed by atoms with Gasteiger partial charge in [0.05, 0.1) is 0 Å². The Morgan fingerprint density at radius 1 is 0.833 bits per heavy atom. The molecule has 0 fully saturated rings. The zero-order valence-corrected chi connectivity index (χ0v) is 6.44. The standard InChI is InChI=1S/ClHO4.Zn/c2-1(3,4)5;/h(H,2,3,4,5);/q;+2/p-1. The zero-order valence-electron chi connectivity index (χ0n) is 2.72. The van der Waals surface area contributed by atoms with Crippen LogP contribution in [0.25, 0.3) is 0 Å². The number of rotatable bonds is 0. The third-order valence-electron chi connectivity index (χ3n) is 0. The molecule has 0 atom stereocenters. The molecule has 0 saturated carbocycles. The van der Waals surface area contributed by atoms with Gasteiger partial charge >= 0.3 is 19.5 Å². The summed E-state index contributed by atoms with van der Waals surface area (Å²) in [6.07, 6.45) is 0. The van der Waals surface area contributed by atoms with Crippen molar-refractivity contribution in [2.45, 2.75) is 0 Å². The van der Waals surface area contributed by atoms with E-state index >= 15 is 0 Å². The summed E-state index contributed by atoms with van der Waals surface area (Å²) in [6, 6.07) is 0. The van der Waals surface area contributed by atoms with Crippen molar-refractivity contribution in [1.29, 1.82) is 0 Å². The smallest absolute Gasteiger partial charge is 0.222 e. The number of hydrogen-bond donors (Lipinski definition) is 0. The van der Waals surface area contributed by atoms with Gasteiger partial charge < -0.3 is 0 Å². The quantitative estimate of drug-likeness (QED) is 0.336. The fourth-order valence-electron chi connectivity index (χ4n) is 0. The van der Waals surface area contributed by atoms with Gasteiger partial charge in [0.2, 0.25) is 0 Å². The summed E-state index contributed by atoms with van der Waals surface area (Å²) in [5.41, 5.74) is 0. The molecule has 0 aromatic heterocycles. The molecule has 0 radical (unpaired) electrons. The van der Waals surface area contributed by atoms with E-state index in [0.717, 1.165) is 0 Å². The van der Waals surface area contributed by atoms with Crippen molar-refractivity contribution in [2.75, 3.05) is 0 Å². The van der Waals surface area contributed by atoms with Crippen LogP contribution in [0.4, 0.5) is 0 Å². The second kappa shape index (κ2) is 2.85. The van der Waals surface area contributed by atoms with Crippen LogP contribution < -0.4 is 18.6 Å². The molecule has 0 unspecified atom stereocenters. The van der Waals surface area contributed by atoms with E-state index in [1.165, 1.54) is 0 Å². The van der Waals surface area contributed by atoms with E-state index in [0.29, 0.717) is 0 Å². The molecule has 0 saturated heterocycles. The van der Waals surface area contributed by atoms with Gasteiger partial charge in [-0.1, -0.05) is 0 Å². The molecule has 0 amide bonds. The van der Waals surface area contributed by atoms with Crippen LogP contribution in [0.5, 0.6) is 0 Å². The van der Waals surface area contributed by atoms with E-state index in [1.807, 2.05) is 0 Å². The topological polar surface area (TPSA) is 92.2 Å². The molecule has 32 valence electrons. The molecular weight excluding hydrogens is 165 g/mol. The van der Waals surface area contributed by atoms with Gasteiger partial charge in [-0.15, -0.1) is 10.2 Å². The third-order valence-corrected chi connectivity index (χ3v) is 0. The summed E-state index contributed by atoms with van der Waals surface area (Å²) in [5.74, 6) is 0. The first-order valence-corrected chi connectivity index (χ1v) is 1.85. The SMILES string of the molecule is [O-][Cl+3]([O-])([O-])[O-].[Zn+2]. The summed E-state index contributed by atoms with van der Waals surface area (Å²) >= 11 is 0. The maximum Gasteiger partial charge on any atom is 2.00 e. The van der Waals surface area contributed by atoms with Crippen molar-refractivity contribution in [3.8, 4) is 0 Å². The summed E-state index contributed by atoms with van der Waals surface area (Å²) in [4.78, 5) is 0. The first-order valence-electron chi connectivity index (χ1n) is 0.617. The van der Waals surface area contributed by atoms with Crippen LogP contribution in [0.1, 0.15) is 0 Å². The van der Waals surface area contributed by atoms with Crippen LogP contribution in [0.3, 0.4) is 0 Å². The Bertz CT molecular complexity index is 23.0. The molecular formula is ClO4Zn+. The Morgan fingerprint density at radius 3 is 0.833 bits per heavy atom. The average molecular weight is 165 g/mol. The second-order valence-electron chi connectivity index (χ2n) is 0.378. The normalized spacial score (nSPS) is 10.0. The van der Waals surface area contributed by atoms with Crippen LogP contribution in [0, 0.1) is 10.2 Å². The summed E-state index contributed by atoms with van der Waals surface area (Å²) in [6.45, 7) is 0. The predicted molar refractivity (Wildman–Crippen MR) is 0 cm³/mol. The van der Waals surface area contributed by atoms with E-state index in [9.17, 15) is 0 Å². The Morgan fingerprint density at radius 2 is 0.833 bits per heavy atom. The van der Waals surface area contributed by atoms with Crippen LogP contribution >= 0.6 is 0 Å². The van der Waals surface area contributed by atoms with Gasteiger partial charge in [-0.2, -0.15) is 0 Å². The van der Waals surface area contributed by atoms with Crippen molar-refractivity contribution in [2.24, 2.45) is 0 Å². The van der Waals surface area contributed by atoms with Crippen LogP contribution in [0.15, 0.2) is 0 Å². The van der Waals surface area contributed by atoms with Crippen molar-refractivity contribution >= 4 is 0 Å². The Balaban J connectivity index is 0. The van der Waals surface area contributed by atoms with Crippen molar-refractivity contribution in [3.63, 3.8) is 0 Å². The van der Waals surface area contributed by atoms with E-state index in [1.54, 1.807) is 0 Å². The fraction of sp³-hybridized carbons (Fsp3) is 0. The fourth-order valence-corrected chi connectivity index (χ4v) is 0. The van der Waals surface area contributed by atoms with Gasteiger partial charge in [0.1, 0.15) is 0 Å². The molecule has 4 nitrogen and oxygen atoms in total. The Kier molecular flexibility index (Phi) is 4.70. The molecule has 6 heteroatoms. The maximum atomic E-state index is 8.49. The van der Waals surface area contributed by atoms with E-state index in [-0.39, 0.29) is 19.5 Å². The zero-order chi connectivity index (χ0) is 4.50. The third kappa shape index (κ3) is 118. The average Bonchev–Trinajstić information content (AvgIpc) is 0.722. The summed E-state index contributed by atoms with van der Waals surface area (Å²) in [7, 11) is -4.94. The second-order valence-corrected chi connectivity index (χ2v) is 1.13. The van der Waals surface area contributed by atoms with Crippen molar-refractivity contribution in [3.05, 3.63) is 0 Å². The van der Waals surface area contributed by atoms with Crippen LogP contribution in [-0.2, 0) is 19.5 Å². The minimum Gasteiger partial charge on any atom is -0.222 e. The molecule has 0 heterocycles. The molecule has 0 rings (SSSR count). The van der Waals surface area contributed by atoms with E-state index in [4.69, 9.17) is 18.6 Å². The molecule has 0 N–H and O–H groups in total. The molecule has 0 aliphatic rings. The van der Waals surface area contributed by atoms with Crippen molar-refractivity contribution < 1.29 is 48.4 Å². The molecule has 0 aliphatic heterocycles. The molecule has 0 spiro atoms. The molecule has 0 aliphatic carbocycles. The monoisotopic (exact) mass is 163 g/mol. The van der Waals surface area contributed by atoms with Gasteiger partial charge in [-0.25, -0.2) is 18.6 Å². The van der Waals surface area contributed by atoms with Crippen molar-refractivity contribution in [1.82, 2.24) is 0 Å². The molecule has 0 aromatic carbocycles. The van der Waals surface area contributed by atoms with Gasteiger partial charge in [-0.3, -0.25) is 0 Å². The summed E-state index contributed by atoms with van der Waals surface area (Å²) in [5, 5.41) is 0. The Hall–Kier alpha value is 0.753. The largest absolute Gasteiger partial charge is 2.00 e. The molecule has 0 bridgehead atoms. The van der Waals surface area contributed by atoms with E-state index in [2.05, 4.69) is 0 Å².